The third-order valence-corrected chi connectivity index (χ3v) is 5.12. The monoisotopic (exact) mass is 374 g/mol. The van der Waals surface area contributed by atoms with E-state index in [0.717, 1.165) is 21.8 Å². The number of carbonyl (C=O) groups is 1. The lowest BCUT2D eigenvalue weighted by atomic mass is 10.1. The van der Waals surface area contributed by atoms with E-state index in [1.165, 1.54) is 4.90 Å². The Balaban J connectivity index is 1.79. The molecule has 0 unspecified atom stereocenters. The van der Waals surface area contributed by atoms with Crippen LogP contribution in [0.1, 0.15) is 30.9 Å². The molecule has 0 aromatic heterocycles. The Hall–Kier alpha value is -1.91. The van der Waals surface area contributed by atoms with E-state index in [2.05, 4.69) is 12.1 Å². The van der Waals surface area contributed by atoms with Gasteiger partial charge in [-0.3, -0.25) is 4.79 Å². The van der Waals surface area contributed by atoms with Gasteiger partial charge in [0.15, 0.2) is 0 Å². The zero-order chi connectivity index (χ0) is 17.6. The molecule has 1 aliphatic rings. The van der Waals surface area contributed by atoms with Crippen molar-refractivity contribution in [3.8, 4) is 0 Å². The molecular formula is C20H19ClO3S. The minimum absolute atomic E-state index is 0.190. The zero-order valence-corrected chi connectivity index (χ0v) is 15.5. The molecule has 3 nitrogen and oxygen atoms in total. The second-order valence-electron chi connectivity index (χ2n) is 5.55. The van der Waals surface area contributed by atoms with Crippen LogP contribution in [0.5, 0.6) is 0 Å². The number of hydrogen-bond acceptors (Lipinski definition) is 4. The zero-order valence-electron chi connectivity index (χ0n) is 14.0. The van der Waals surface area contributed by atoms with E-state index >= 15 is 0 Å². The Bertz CT molecular complexity index is 801. The number of ether oxygens (including phenoxy) is 2. The van der Waals surface area contributed by atoms with Crippen molar-refractivity contribution in [1.82, 2.24) is 0 Å². The molecule has 130 valence electrons. The lowest BCUT2D eigenvalue weighted by Crippen LogP contribution is -2.05. The summed E-state index contributed by atoms with van der Waals surface area (Å²) in [6.07, 6.45) is 3.00. The molecule has 0 bridgehead atoms. The Morgan fingerprint density at radius 2 is 2.00 bits per heavy atom. The molecule has 0 aliphatic carbocycles. The molecule has 3 rings (SSSR count). The van der Waals surface area contributed by atoms with E-state index in [4.69, 9.17) is 21.1 Å². The molecule has 0 fully saturated rings. The summed E-state index contributed by atoms with van der Waals surface area (Å²) < 4.78 is 11.0. The summed E-state index contributed by atoms with van der Waals surface area (Å²) in [6.45, 7) is 2.66. The van der Waals surface area contributed by atoms with Crippen molar-refractivity contribution in [2.75, 3.05) is 13.2 Å². The van der Waals surface area contributed by atoms with Gasteiger partial charge in [0.1, 0.15) is 5.76 Å². The van der Waals surface area contributed by atoms with Gasteiger partial charge in [0, 0.05) is 26.8 Å². The van der Waals surface area contributed by atoms with Crippen LogP contribution < -0.4 is 0 Å². The van der Waals surface area contributed by atoms with Crippen molar-refractivity contribution < 1.29 is 14.3 Å². The van der Waals surface area contributed by atoms with Crippen LogP contribution in [0.15, 0.2) is 52.3 Å². The highest BCUT2D eigenvalue weighted by Crippen LogP contribution is 2.41. The molecule has 1 aliphatic heterocycles. The first-order valence-electron chi connectivity index (χ1n) is 8.24. The summed E-state index contributed by atoms with van der Waals surface area (Å²) in [6, 6.07) is 14.0. The van der Waals surface area contributed by atoms with Crippen molar-refractivity contribution in [3.05, 3.63) is 58.6 Å². The van der Waals surface area contributed by atoms with E-state index in [1.807, 2.05) is 36.4 Å². The van der Waals surface area contributed by atoms with Crippen LogP contribution in [0.2, 0.25) is 5.02 Å². The Kier molecular flexibility index (Phi) is 6.05. The van der Waals surface area contributed by atoms with Gasteiger partial charge in [-0.25, -0.2) is 0 Å². The standard InChI is InChI=1S/C20H19ClO3S/c1-2-23-20(22)8-5-11-24-17-12-14-6-3-4-7-18(14)25-19-10-9-15(21)13-16(17)19/h3-4,6-7,9-10,12-13H,2,5,8,11H2,1H3. The summed E-state index contributed by atoms with van der Waals surface area (Å²) in [7, 11) is 0. The minimum atomic E-state index is -0.190. The van der Waals surface area contributed by atoms with Gasteiger partial charge >= 0.3 is 5.97 Å². The molecule has 0 saturated heterocycles. The molecule has 2 aromatic carbocycles. The number of rotatable bonds is 6. The van der Waals surface area contributed by atoms with E-state index in [0.29, 0.717) is 31.1 Å². The van der Waals surface area contributed by atoms with Gasteiger partial charge in [-0.05, 0) is 49.2 Å². The summed E-state index contributed by atoms with van der Waals surface area (Å²) in [4.78, 5) is 13.7. The van der Waals surface area contributed by atoms with Gasteiger partial charge in [-0.1, -0.05) is 41.6 Å². The van der Waals surface area contributed by atoms with Gasteiger partial charge in [0.2, 0.25) is 0 Å². The first kappa shape index (κ1) is 17.9. The number of hydrogen-bond donors (Lipinski definition) is 0. The van der Waals surface area contributed by atoms with E-state index in [9.17, 15) is 4.79 Å². The van der Waals surface area contributed by atoms with Crippen molar-refractivity contribution in [1.29, 1.82) is 0 Å². The van der Waals surface area contributed by atoms with Gasteiger partial charge < -0.3 is 9.47 Å². The average molecular weight is 375 g/mol. The number of fused-ring (bicyclic) bond motifs is 2. The Labute approximate surface area is 157 Å². The molecule has 2 aromatic rings. The van der Waals surface area contributed by atoms with Crippen molar-refractivity contribution in [3.63, 3.8) is 0 Å². The van der Waals surface area contributed by atoms with Gasteiger partial charge in [-0.15, -0.1) is 0 Å². The van der Waals surface area contributed by atoms with Gasteiger partial charge in [0.25, 0.3) is 0 Å². The van der Waals surface area contributed by atoms with Crippen molar-refractivity contribution in [2.45, 2.75) is 29.6 Å². The SMILES string of the molecule is CCOC(=O)CCCOC1=Cc2ccccc2Sc2ccc(Cl)cc21. The number of halogens is 1. The third-order valence-electron chi connectivity index (χ3n) is 3.72. The van der Waals surface area contributed by atoms with Crippen molar-refractivity contribution in [2.24, 2.45) is 0 Å². The Morgan fingerprint density at radius 1 is 1.16 bits per heavy atom. The molecule has 25 heavy (non-hydrogen) atoms. The molecule has 0 amide bonds. The highest BCUT2D eigenvalue weighted by molar-refractivity contribution is 7.99. The van der Waals surface area contributed by atoms with Crippen LogP contribution in [-0.4, -0.2) is 19.2 Å². The maximum absolute atomic E-state index is 11.4. The topological polar surface area (TPSA) is 35.5 Å². The number of benzene rings is 2. The Morgan fingerprint density at radius 3 is 2.84 bits per heavy atom. The maximum Gasteiger partial charge on any atom is 0.305 e. The molecule has 0 N–H and O–H groups in total. The lowest BCUT2D eigenvalue weighted by Gasteiger charge is -2.12. The van der Waals surface area contributed by atoms with E-state index < -0.39 is 0 Å². The number of carbonyl (C=O) groups excluding carboxylic acids is 1. The van der Waals surface area contributed by atoms with Crippen molar-refractivity contribution >= 4 is 41.2 Å². The first-order chi connectivity index (χ1) is 12.2. The molecule has 0 atom stereocenters. The molecule has 0 saturated carbocycles. The average Bonchev–Trinajstić information content (AvgIpc) is 2.75. The largest absolute Gasteiger partial charge is 0.493 e. The fraction of sp³-hybridized carbons (Fsp3) is 0.250. The molecular weight excluding hydrogens is 356 g/mol. The van der Waals surface area contributed by atoms with E-state index in [1.54, 1.807) is 18.7 Å². The second kappa shape index (κ2) is 8.45. The van der Waals surface area contributed by atoms with Crippen LogP contribution >= 0.6 is 23.4 Å². The van der Waals surface area contributed by atoms with Crippen LogP contribution in [0, 0.1) is 0 Å². The smallest absolute Gasteiger partial charge is 0.305 e. The summed E-state index contributed by atoms with van der Waals surface area (Å²) in [5, 5.41) is 0.673. The second-order valence-corrected chi connectivity index (χ2v) is 7.07. The predicted molar refractivity (Wildman–Crippen MR) is 102 cm³/mol. The predicted octanol–water partition coefficient (Wildman–Crippen LogP) is 5.66. The van der Waals surface area contributed by atoms with Crippen LogP contribution in [0.3, 0.4) is 0 Å². The van der Waals surface area contributed by atoms with Gasteiger partial charge in [0.05, 0.1) is 13.2 Å². The summed E-state index contributed by atoms with van der Waals surface area (Å²) in [5.74, 6) is 0.587. The molecule has 1 heterocycles. The van der Waals surface area contributed by atoms with Crippen LogP contribution in [0.25, 0.3) is 11.8 Å². The normalized spacial score (nSPS) is 12.5. The highest BCUT2D eigenvalue weighted by Gasteiger charge is 2.17. The first-order valence-corrected chi connectivity index (χ1v) is 9.43. The maximum atomic E-state index is 11.4. The van der Waals surface area contributed by atoms with Crippen LogP contribution in [0.4, 0.5) is 0 Å². The molecule has 0 spiro atoms. The van der Waals surface area contributed by atoms with Gasteiger partial charge in [-0.2, -0.15) is 0 Å². The van der Waals surface area contributed by atoms with Crippen LogP contribution in [-0.2, 0) is 14.3 Å². The molecule has 0 radical (unpaired) electrons. The number of esters is 1. The lowest BCUT2D eigenvalue weighted by molar-refractivity contribution is -0.143. The summed E-state index contributed by atoms with van der Waals surface area (Å²) in [5.41, 5.74) is 2.09. The molecule has 5 heteroatoms. The van der Waals surface area contributed by atoms with E-state index in [-0.39, 0.29) is 5.97 Å². The minimum Gasteiger partial charge on any atom is -0.493 e. The fourth-order valence-corrected chi connectivity index (χ4v) is 3.77. The third kappa shape index (κ3) is 4.59. The highest BCUT2D eigenvalue weighted by atomic mass is 35.5. The quantitative estimate of drug-likeness (QED) is 0.482. The fourth-order valence-electron chi connectivity index (χ4n) is 2.57. The summed E-state index contributed by atoms with van der Waals surface area (Å²) >= 11 is 7.89.